The molecule has 9 aromatic carbocycles. The maximum atomic E-state index is 7.14. The highest BCUT2D eigenvalue weighted by Crippen LogP contribution is 2.52. The minimum absolute atomic E-state index is 0.00631. The number of hydrogen-bond acceptors (Lipinski definition) is 3. The Bertz CT molecular complexity index is 3720. The first-order valence-corrected chi connectivity index (χ1v) is 24.9. The maximum Gasteiger partial charge on any atom is 0.333 e. The van der Waals surface area contributed by atoms with Gasteiger partial charge in [-0.05, 0) is 162 Å². The van der Waals surface area contributed by atoms with Crippen molar-refractivity contribution < 1.29 is 4.42 Å². The summed E-state index contributed by atoms with van der Waals surface area (Å²) in [7, 11) is 0. The minimum atomic E-state index is -0.168. The number of nitrogens with zero attached hydrogens (tertiary/aromatic N) is 2. The molecular formula is C65H57BN2O. The largest absolute Gasteiger partial charge is 0.456 e. The van der Waals surface area contributed by atoms with Crippen LogP contribution in [0, 0.1) is 6.92 Å². The van der Waals surface area contributed by atoms with Crippen LogP contribution in [-0.4, -0.2) is 6.85 Å². The number of benzene rings is 9. The van der Waals surface area contributed by atoms with Crippen molar-refractivity contribution in [3.8, 4) is 33.4 Å². The van der Waals surface area contributed by atoms with Crippen molar-refractivity contribution >= 4 is 78.9 Å². The third-order valence-electron chi connectivity index (χ3n) is 16.1. The average molecular weight is 893 g/mol. The van der Waals surface area contributed by atoms with Gasteiger partial charge in [-0.3, -0.25) is 0 Å². The molecule has 3 heterocycles. The van der Waals surface area contributed by atoms with Gasteiger partial charge in [-0.1, -0.05) is 164 Å². The zero-order chi connectivity index (χ0) is 47.1. The molecule has 4 heteroatoms. The van der Waals surface area contributed by atoms with Crippen LogP contribution in [0.1, 0.15) is 83.6 Å². The van der Waals surface area contributed by atoms with Crippen molar-refractivity contribution in [1.82, 2.24) is 0 Å². The molecule has 69 heavy (non-hydrogen) atoms. The fraction of sp³-hybridized carbons (Fsp3) is 0.200. The van der Waals surface area contributed by atoms with Gasteiger partial charge in [0.1, 0.15) is 11.2 Å². The van der Waals surface area contributed by atoms with Crippen molar-refractivity contribution in [3.05, 3.63) is 198 Å². The van der Waals surface area contributed by atoms with Gasteiger partial charge in [0.15, 0.2) is 0 Å². The van der Waals surface area contributed by atoms with Gasteiger partial charge in [0.2, 0.25) is 0 Å². The molecule has 0 unspecified atom stereocenters. The van der Waals surface area contributed by atoms with E-state index in [-0.39, 0.29) is 23.1 Å². The molecule has 1 aliphatic carbocycles. The Hall–Kier alpha value is -7.30. The molecular weight excluding hydrogens is 836 g/mol. The van der Waals surface area contributed by atoms with E-state index in [9.17, 15) is 0 Å². The molecule has 336 valence electrons. The Morgan fingerprint density at radius 1 is 0.493 bits per heavy atom. The van der Waals surface area contributed by atoms with Gasteiger partial charge in [0.05, 0.1) is 0 Å². The van der Waals surface area contributed by atoms with E-state index in [2.05, 4.69) is 241 Å². The zero-order valence-electron chi connectivity index (χ0n) is 41.0. The van der Waals surface area contributed by atoms with Gasteiger partial charge in [0.25, 0.3) is 0 Å². The quantitative estimate of drug-likeness (QED) is 0.164. The summed E-state index contributed by atoms with van der Waals surface area (Å²) in [4.78, 5) is 5.23. The Kier molecular flexibility index (Phi) is 9.01. The van der Waals surface area contributed by atoms with Crippen LogP contribution < -0.4 is 20.6 Å². The molecule has 1 aromatic heterocycles. The molecule has 0 spiro atoms. The van der Waals surface area contributed by atoms with Crippen molar-refractivity contribution in [3.63, 3.8) is 0 Å². The van der Waals surface area contributed by atoms with Crippen LogP contribution in [0.5, 0.6) is 0 Å². The second-order valence-electron chi connectivity index (χ2n) is 22.5. The van der Waals surface area contributed by atoms with Gasteiger partial charge in [-0.25, -0.2) is 0 Å². The average Bonchev–Trinajstić information content (AvgIpc) is 3.71. The Morgan fingerprint density at radius 3 is 1.75 bits per heavy atom. The first kappa shape index (κ1) is 41.9. The molecule has 3 nitrogen and oxygen atoms in total. The number of anilines is 5. The topological polar surface area (TPSA) is 19.6 Å². The van der Waals surface area contributed by atoms with Crippen LogP contribution in [-0.2, 0) is 16.2 Å². The lowest BCUT2D eigenvalue weighted by atomic mass is 9.43. The van der Waals surface area contributed by atoms with Gasteiger partial charge >= 0.3 is 6.85 Å². The lowest BCUT2D eigenvalue weighted by Gasteiger charge is -2.46. The molecule has 0 bridgehead atoms. The number of furan rings is 1. The summed E-state index contributed by atoms with van der Waals surface area (Å²) < 4.78 is 7.14. The molecule has 2 aliphatic heterocycles. The van der Waals surface area contributed by atoms with Gasteiger partial charge in [-0.2, -0.15) is 0 Å². The molecule has 0 amide bonds. The van der Waals surface area contributed by atoms with Gasteiger partial charge in [0, 0.05) is 50.8 Å². The van der Waals surface area contributed by atoms with E-state index in [1.54, 1.807) is 0 Å². The van der Waals surface area contributed by atoms with E-state index in [1.807, 2.05) is 0 Å². The van der Waals surface area contributed by atoms with Crippen molar-refractivity contribution in [2.45, 2.75) is 84.5 Å². The van der Waals surface area contributed by atoms with E-state index in [4.69, 9.17) is 4.42 Å². The monoisotopic (exact) mass is 892 g/mol. The SMILES string of the molecule is Cc1cc(C(C)(C)C)ccc1N1c2cc3oc4cc5c(cc4c3cc2B2c3c(cc(-c4ccccc4)cc31)-c1cc3ccccc3cc1N2c1ccc(-c2ccccc2)cc1)C(C)(C)CCC5(C)C. The third kappa shape index (κ3) is 6.48. The molecule has 0 atom stereocenters. The van der Waals surface area contributed by atoms with Crippen LogP contribution in [0.3, 0.4) is 0 Å². The Balaban J connectivity index is 1.16. The maximum absolute atomic E-state index is 7.14. The molecule has 10 aromatic rings. The first-order chi connectivity index (χ1) is 33.2. The molecule has 13 rings (SSSR count). The molecule has 0 saturated heterocycles. The van der Waals surface area contributed by atoms with E-state index >= 15 is 0 Å². The zero-order valence-corrected chi connectivity index (χ0v) is 41.0. The summed E-state index contributed by atoms with van der Waals surface area (Å²) in [5, 5.41) is 4.82. The first-order valence-electron chi connectivity index (χ1n) is 24.9. The van der Waals surface area contributed by atoms with Crippen molar-refractivity contribution in [1.29, 1.82) is 0 Å². The lowest BCUT2D eigenvalue weighted by molar-refractivity contribution is 0.332. The smallest absolute Gasteiger partial charge is 0.333 e. The summed E-state index contributed by atoms with van der Waals surface area (Å²) in [6, 6.07) is 66.5. The van der Waals surface area contributed by atoms with Crippen LogP contribution in [0.2, 0.25) is 0 Å². The van der Waals surface area contributed by atoms with Gasteiger partial charge < -0.3 is 14.1 Å². The van der Waals surface area contributed by atoms with Crippen molar-refractivity contribution in [2.75, 3.05) is 9.71 Å². The minimum Gasteiger partial charge on any atom is -0.456 e. The highest BCUT2D eigenvalue weighted by Gasteiger charge is 2.46. The molecule has 0 N–H and O–H groups in total. The Labute approximate surface area is 407 Å². The summed E-state index contributed by atoms with van der Waals surface area (Å²) in [5.41, 5.74) is 23.2. The van der Waals surface area contributed by atoms with Crippen molar-refractivity contribution in [2.24, 2.45) is 0 Å². The predicted octanol–water partition coefficient (Wildman–Crippen LogP) is 16.7. The second-order valence-corrected chi connectivity index (χ2v) is 22.5. The van der Waals surface area contributed by atoms with E-state index in [1.165, 1.54) is 105 Å². The summed E-state index contributed by atoms with van der Waals surface area (Å²) in [5.74, 6) is 0. The fourth-order valence-electron chi connectivity index (χ4n) is 12.1. The van der Waals surface area contributed by atoms with E-state index < -0.39 is 0 Å². The van der Waals surface area contributed by atoms with Crippen LogP contribution in [0.25, 0.3) is 66.1 Å². The second kappa shape index (κ2) is 14.9. The summed E-state index contributed by atoms with van der Waals surface area (Å²) >= 11 is 0. The summed E-state index contributed by atoms with van der Waals surface area (Å²) in [6.45, 7) is 18.7. The normalized spacial score (nSPS) is 15.6. The van der Waals surface area contributed by atoms with Crippen LogP contribution in [0.15, 0.2) is 180 Å². The standard InChI is InChI=1S/C65H57BN2O/c1-40-31-47(63(2,3)4)25-28-56(40)67-58-39-61-51(50-36-53-54(38-60(50)69-61)65(7,8)30-29-64(53,5)6)37-55(58)66-62-52(33-46(35-59(62)67)42-19-13-10-14-20-42)49-32-44-21-15-16-22-45(44)34-57(49)68(66)48-26-23-43(24-27-48)41-17-11-9-12-18-41/h9-28,31-39H,29-30H2,1-8H3. The fourth-order valence-corrected chi connectivity index (χ4v) is 12.1. The van der Waals surface area contributed by atoms with E-state index in [0.29, 0.717) is 0 Å². The van der Waals surface area contributed by atoms with E-state index in [0.717, 1.165) is 35.4 Å². The highest BCUT2D eigenvalue weighted by molar-refractivity contribution is 6.93. The number of fused-ring (bicyclic) bond motifs is 9. The predicted molar refractivity (Wildman–Crippen MR) is 295 cm³/mol. The molecule has 0 radical (unpaired) electrons. The molecule has 3 aliphatic rings. The number of rotatable bonds is 4. The Morgan fingerprint density at radius 2 is 1.09 bits per heavy atom. The summed E-state index contributed by atoms with van der Waals surface area (Å²) in [6.07, 6.45) is 2.31. The third-order valence-corrected chi connectivity index (χ3v) is 16.1. The number of hydrogen-bond donors (Lipinski definition) is 0. The van der Waals surface area contributed by atoms with Crippen LogP contribution >= 0.6 is 0 Å². The highest BCUT2D eigenvalue weighted by atomic mass is 16.3. The molecule has 0 fully saturated rings. The number of aryl methyl sites for hydroxylation is 1. The van der Waals surface area contributed by atoms with Gasteiger partial charge in [-0.15, -0.1) is 0 Å². The van der Waals surface area contributed by atoms with Crippen LogP contribution in [0.4, 0.5) is 28.4 Å². The molecule has 0 saturated carbocycles. The lowest BCUT2D eigenvalue weighted by Crippen LogP contribution is -2.61.